The van der Waals surface area contributed by atoms with Crippen LogP contribution in [0.5, 0.6) is 0 Å². The summed E-state index contributed by atoms with van der Waals surface area (Å²) in [6.45, 7) is 11.7. The third kappa shape index (κ3) is 6.54. The van der Waals surface area contributed by atoms with Crippen molar-refractivity contribution in [1.82, 2.24) is 25.3 Å². The Morgan fingerprint density at radius 3 is 2.49 bits per heavy atom. The molecule has 0 aliphatic carbocycles. The van der Waals surface area contributed by atoms with Crippen molar-refractivity contribution < 1.29 is 9.59 Å². The summed E-state index contributed by atoms with van der Waals surface area (Å²) in [7, 11) is 1.81. The van der Waals surface area contributed by atoms with Gasteiger partial charge in [-0.2, -0.15) is 11.8 Å². The van der Waals surface area contributed by atoms with E-state index in [2.05, 4.69) is 63.4 Å². The molecule has 4 rings (SSSR count). The number of likely N-dealkylation sites (tertiary alicyclic amines) is 1. The summed E-state index contributed by atoms with van der Waals surface area (Å²) < 4.78 is 0. The number of rotatable bonds is 9. The lowest BCUT2D eigenvalue weighted by Gasteiger charge is -2.41. The van der Waals surface area contributed by atoms with Crippen LogP contribution in [0.15, 0.2) is 41.5 Å². The van der Waals surface area contributed by atoms with E-state index in [1.165, 1.54) is 5.56 Å². The van der Waals surface area contributed by atoms with Crippen LogP contribution in [0.4, 0.5) is 5.69 Å². The number of fused-ring (bicyclic) bond motifs is 1. The smallest absolute Gasteiger partial charge is 0.242 e. The fourth-order valence-corrected chi connectivity index (χ4v) is 6.89. The number of carbonyl (C=O) groups is 2. The average molecular weight is 528 g/mol. The Hall–Kier alpha value is -2.40. The quantitative estimate of drug-likeness (QED) is 0.253. The molecular weight excluding hydrogens is 486 g/mol. The molecule has 0 saturated carbocycles. The van der Waals surface area contributed by atoms with Crippen LogP contribution in [0.1, 0.15) is 26.3 Å². The first-order chi connectivity index (χ1) is 17.7. The van der Waals surface area contributed by atoms with E-state index in [1.54, 1.807) is 13.2 Å². The number of hydrogen-bond donors (Lipinski definition) is 3. The van der Waals surface area contributed by atoms with Gasteiger partial charge in [-0.05, 0) is 57.5 Å². The molecule has 2 amide bonds. The number of carbonyl (C=O) groups excluding carboxylic acids is 2. The first kappa shape index (κ1) is 27.6. The number of amides is 2. The van der Waals surface area contributed by atoms with Crippen LogP contribution < -0.4 is 16.4 Å². The van der Waals surface area contributed by atoms with Crippen molar-refractivity contribution in [3.8, 4) is 0 Å². The molecule has 3 aliphatic heterocycles. The first-order valence-corrected chi connectivity index (χ1v) is 14.1. The molecule has 37 heavy (non-hydrogen) atoms. The molecule has 1 aromatic carbocycles. The molecule has 4 unspecified atom stereocenters. The summed E-state index contributed by atoms with van der Waals surface area (Å²) in [4.78, 5) is 35.0. The van der Waals surface area contributed by atoms with Gasteiger partial charge in [-0.3, -0.25) is 14.5 Å². The minimum atomic E-state index is -0.591. The SMILES string of the molecule is CNC(C)(C)C(=O)N1CCN(C(/C=C\NC=O)=N/c2ccc(CN3CC4SC(C(C)N)C4C3)cc2)CC1. The summed E-state index contributed by atoms with van der Waals surface area (Å²) in [5.74, 6) is 1.58. The van der Waals surface area contributed by atoms with E-state index in [0.717, 1.165) is 42.3 Å². The normalized spacial score (nSPS) is 25.6. The van der Waals surface area contributed by atoms with E-state index in [9.17, 15) is 9.59 Å². The maximum atomic E-state index is 12.8. The number of thioether (sulfide) groups is 1. The summed E-state index contributed by atoms with van der Waals surface area (Å²) >= 11 is 2.05. The fourth-order valence-electron chi connectivity index (χ4n) is 5.28. The highest BCUT2D eigenvalue weighted by Gasteiger charge is 2.48. The predicted octanol–water partition coefficient (Wildman–Crippen LogP) is 1.38. The molecule has 1 aromatic rings. The number of benzene rings is 1. The fraction of sp³-hybridized carbons (Fsp3) is 0.593. The zero-order chi connectivity index (χ0) is 26.6. The number of nitrogens with one attached hydrogen (secondary N) is 2. The molecule has 202 valence electrons. The van der Waals surface area contributed by atoms with E-state index < -0.39 is 5.54 Å². The van der Waals surface area contributed by atoms with Crippen LogP contribution in [0, 0.1) is 5.92 Å². The van der Waals surface area contributed by atoms with Crippen LogP contribution >= 0.6 is 11.8 Å². The van der Waals surface area contributed by atoms with Gasteiger partial charge in [0.25, 0.3) is 0 Å². The van der Waals surface area contributed by atoms with Gasteiger partial charge in [-0.15, -0.1) is 0 Å². The van der Waals surface area contributed by atoms with Crippen LogP contribution in [-0.2, 0) is 16.1 Å². The molecule has 0 aromatic heterocycles. The molecule has 3 aliphatic rings. The molecule has 0 spiro atoms. The van der Waals surface area contributed by atoms with Crippen LogP contribution in [-0.4, -0.2) is 101 Å². The highest BCUT2D eigenvalue weighted by atomic mass is 32.2. The highest BCUT2D eigenvalue weighted by molar-refractivity contribution is 8.02. The van der Waals surface area contributed by atoms with E-state index in [4.69, 9.17) is 10.7 Å². The van der Waals surface area contributed by atoms with Crippen molar-refractivity contribution >= 4 is 35.6 Å². The van der Waals surface area contributed by atoms with E-state index in [-0.39, 0.29) is 11.9 Å². The number of amidine groups is 1. The maximum absolute atomic E-state index is 12.8. The van der Waals surface area contributed by atoms with Crippen molar-refractivity contribution in [2.75, 3.05) is 46.3 Å². The molecule has 4 N–H and O–H groups in total. The van der Waals surface area contributed by atoms with Gasteiger partial charge in [0.15, 0.2) is 0 Å². The van der Waals surface area contributed by atoms with Crippen LogP contribution in [0.2, 0.25) is 0 Å². The zero-order valence-corrected chi connectivity index (χ0v) is 23.2. The number of nitrogens with two attached hydrogens (primary N) is 1. The van der Waals surface area contributed by atoms with Gasteiger partial charge in [0.05, 0.1) is 11.2 Å². The second-order valence-corrected chi connectivity index (χ2v) is 12.2. The largest absolute Gasteiger partial charge is 0.353 e. The Morgan fingerprint density at radius 1 is 1.19 bits per heavy atom. The number of piperazine rings is 1. The van der Waals surface area contributed by atoms with Gasteiger partial charge in [0, 0.05) is 68.6 Å². The Bertz CT molecular complexity index is 1000. The minimum Gasteiger partial charge on any atom is -0.353 e. The molecular formula is C27H41N7O2S. The van der Waals surface area contributed by atoms with Crippen molar-refractivity contribution in [2.24, 2.45) is 16.6 Å². The van der Waals surface area contributed by atoms with Crippen molar-refractivity contribution in [1.29, 1.82) is 0 Å². The summed E-state index contributed by atoms with van der Waals surface area (Å²) in [6.07, 6.45) is 4.04. The molecule has 3 saturated heterocycles. The molecule has 10 heteroatoms. The predicted molar refractivity (Wildman–Crippen MR) is 151 cm³/mol. The van der Waals surface area contributed by atoms with Gasteiger partial charge in [-0.1, -0.05) is 12.1 Å². The van der Waals surface area contributed by atoms with Crippen molar-refractivity contribution in [3.05, 3.63) is 42.1 Å². The summed E-state index contributed by atoms with van der Waals surface area (Å²) in [6, 6.07) is 8.66. The van der Waals surface area contributed by atoms with Crippen LogP contribution in [0.25, 0.3) is 0 Å². The monoisotopic (exact) mass is 527 g/mol. The van der Waals surface area contributed by atoms with Gasteiger partial charge in [0.1, 0.15) is 5.84 Å². The molecule has 3 fully saturated rings. The summed E-state index contributed by atoms with van der Waals surface area (Å²) in [5, 5.41) is 6.99. The Balaban J connectivity index is 1.38. The Labute approximate surface area is 224 Å². The van der Waals surface area contributed by atoms with Gasteiger partial charge >= 0.3 is 0 Å². The number of aliphatic imine (C=N–C) groups is 1. The second kappa shape index (κ2) is 12.0. The maximum Gasteiger partial charge on any atom is 0.242 e. The minimum absolute atomic E-state index is 0.0968. The number of hydrogen-bond acceptors (Lipinski definition) is 7. The molecule has 3 heterocycles. The van der Waals surface area contributed by atoms with Crippen molar-refractivity contribution in [2.45, 2.75) is 49.4 Å². The average Bonchev–Trinajstić information content (AvgIpc) is 3.18. The van der Waals surface area contributed by atoms with Crippen LogP contribution in [0.3, 0.4) is 0 Å². The van der Waals surface area contributed by atoms with Crippen molar-refractivity contribution in [3.63, 3.8) is 0 Å². The Morgan fingerprint density at radius 2 is 1.86 bits per heavy atom. The zero-order valence-electron chi connectivity index (χ0n) is 22.4. The first-order valence-electron chi connectivity index (χ1n) is 13.1. The molecule has 4 atom stereocenters. The van der Waals surface area contributed by atoms with E-state index in [0.29, 0.717) is 37.8 Å². The number of likely N-dealkylation sites (N-methyl/N-ethyl adjacent to an activating group) is 1. The summed E-state index contributed by atoms with van der Waals surface area (Å²) in [5.41, 5.74) is 7.69. The molecule has 0 radical (unpaired) electrons. The Kier molecular flexibility index (Phi) is 8.94. The van der Waals surface area contributed by atoms with Gasteiger partial charge in [0.2, 0.25) is 12.3 Å². The molecule has 9 nitrogen and oxygen atoms in total. The second-order valence-electron chi connectivity index (χ2n) is 10.8. The third-order valence-corrected chi connectivity index (χ3v) is 9.63. The van der Waals surface area contributed by atoms with E-state index >= 15 is 0 Å². The standard InChI is InChI=1S/C27H41N7O2S/c1-19(28)25-22-16-32(17-23(22)37-25)15-20-5-7-21(8-6-20)31-24(9-10-30-18-35)33-11-13-34(14-12-33)26(36)27(2,3)29-4/h5-10,18-19,22-23,25,29H,11-17,28H2,1-4H3,(H,30,35)/b10-9-,31-24+. The molecule has 0 bridgehead atoms. The highest BCUT2D eigenvalue weighted by Crippen LogP contribution is 2.48. The lowest BCUT2D eigenvalue weighted by Crippen LogP contribution is -2.58. The van der Waals surface area contributed by atoms with Gasteiger partial charge < -0.3 is 26.2 Å². The topological polar surface area (TPSA) is 106 Å². The third-order valence-electron chi connectivity index (χ3n) is 7.69. The number of nitrogens with zero attached hydrogens (tertiary/aromatic N) is 4. The van der Waals surface area contributed by atoms with Gasteiger partial charge in [-0.25, -0.2) is 4.99 Å². The lowest BCUT2D eigenvalue weighted by atomic mass is 9.97. The lowest BCUT2D eigenvalue weighted by molar-refractivity contribution is -0.138. The van der Waals surface area contributed by atoms with E-state index in [1.807, 2.05) is 24.8 Å².